The standard InChI is InChI=1S/C29H27N5O7/c35-26-29(27(36)33(28(37)30-26)21-7-3-5-18-4-1-2-6-20(18)21)16-19-14-24(34(38)39)23(31-8-11-40-12-9-31)15-22(19)32-10-13-41-17-25(29)32/h1-7,14-15,25H,8-13,16-17H2,(H,30,35,37)/t25-,29-/m0/s1. The molecule has 3 aromatic carbocycles. The molecule has 4 amide bonds. The fourth-order valence-corrected chi connectivity index (χ4v) is 6.67. The first-order chi connectivity index (χ1) is 19.9. The Morgan fingerprint density at radius 2 is 1.66 bits per heavy atom. The van der Waals surface area contributed by atoms with Crippen LogP contribution in [0.1, 0.15) is 5.56 Å². The second-order valence-electron chi connectivity index (χ2n) is 10.7. The molecule has 1 spiro atoms. The van der Waals surface area contributed by atoms with Crippen molar-refractivity contribution in [1.82, 2.24) is 5.32 Å². The first-order valence-corrected chi connectivity index (χ1v) is 13.6. The van der Waals surface area contributed by atoms with Crippen molar-refractivity contribution in [1.29, 1.82) is 0 Å². The lowest BCUT2D eigenvalue weighted by molar-refractivity contribution is -0.384. The number of carbonyl (C=O) groups excluding carboxylic acids is 3. The van der Waals surface area contributed by atoms with E-state index in [2.05, 4.69) is 5.32 Å². The number of amides is 4. The zero-order valence-electron chi connectivity index (χ0n) is 22.1. The highest BCUT2D eigenvalue weighted by Crippen LogP contribution is 2.49. The number of nitro groups is 1. The van der Waals surface area contributed by atoms with E-state index in [1.165, 1.54) is 6.07 Å². The van der Waals surface area contributed by atoms with Crippen molar-refractivity contribution >= 4 is 51.4 Å². The van der Waals surface area contributed by atoms with Crippen molar-refractivity contribution in [3.63, 3.8) is 0 Å². The normalized spacial score (nSPS) is 24.3. The van der Waals surface area contributed by atoms with E-state index in [0.29, 0.717) is 61.8 Å². The van der Waals surface area contributed by atoms with Crippen LogP contribution in [0.2, 0.25) is 0 Å². The number of hydrogen-bond acceptors (Lipinski definition) is 9. The number of nitrogens with one attached hydrogen (secondary N) is 1. The maximum absolute atomic E-state index is 14.6. The van der Waals surface area contributed by atoms with Gasteiger partial charge in [-0.25, -0.2) is 9.69 Å². The van der Waals surface area contributed by atoms with Gasteiger partial charge in [0, 0.05) is 43.2 Å². The minimum Gasteiger partial charge on any atom is -0.378 e. The van der Waals surface area contributed by atoms with Crippen LogP contribution in [-0.4, -0.2) is 74.9 Å². The third-order valence-corrected chi connectivity index (χ3v) is 8.62. The Morgan fingerprint density at radius 3 is 2.46 bits per heavy atom. The molecule has 0 saturated carbocycles. The maximum atomic E-state index is 14.6. The summed E-state index contributed by atoms with van der Waals surface area (Å²) in [5.41, 5.74) is 0.225. The molecule has 3 aromatic rings. The van der Waals surface area contributed by atoms with Gasteiger partial charge in [-0.3, -0.25) is 25.0 Å². The lowest BCUT2D eigenvalue weighted by Crippen LogP contribution is -2.74. The molecule has 3 fully saturated rings. The fourth-order valence-electron chi connectivity index (χ4n) is 6.67. The Labute approximate surface area is 234 Å². The van der Waals surface area contributed by atoms with Gasteiger partial charge in [-0.05, 0) is 23.1 Å². The zero-order valence-corrected chi connectivity index (χ0v) is 22.1. The molecule has 0 radical (unpaired) electrons. The lowest BCUT2D eigenvalue weighted by Gasteiger charge is -2.53. The average Bonchev–Trinajstić information content (AvgIpc) is 3.00. The summed E-state index contributed by atoms with van der Waals surface area (Å²) in [6.45, 7) is 2.77. The summed E-state index contributed by atoms with van der Waals surface area (Å²) >= 11 is 0. The van der Waals surface area contributed by atoms with E-state index in [4.69, 9.17) is 9.47 Å². The Balaban J connectivity index is 1.39. The Kier molecular flexibility index (Phi) is 5.91. The molecule has 4 aliphatic rings. The van der Waals surface area contributed by atoms with Gasteiger partial charge < -0.3 is 19.3 Å². The Bertz CT molecular complexity index is 1620. The third kappa shape index (κ3) is 3.78. The summed E-state index contributed by atoms with van der Waals surface area (Å²) in [6, 6.07) is 14.4. The SMILES string of the molecule is O=C1NC(=O)[C@@]2(Cc3cc([N+](=O)[O-])c(N4CCOCC4)cc3N3CCOC[C@H]32)C(=O)N1c1cccc2ccccc12. The molecule has 4 heterocycles. The molecular formula is C29H27N5O7. The van der Waals surface area contributed by atoms with E-state index in [-0.39, 0.29) is 18.7 Å². The smallest absolute Gasteiger partial charge is 0.335 e. The number of anilines is 3. The van der Waals surface area contributed by atoms with E-state index in [9.17, 15) is 24.5 Å². The van der Waals surface area contributed by atoms with Gasteiger partial charge in [-0.1, -0.05) is 36.4 Å². The number of barbiturate groups is 1. The fraction of sp³-hybridized carbons (Fsp3) is 0.345. The van der Waals surface area contributed by atoms with Crippen LogP contribution in [0.3, 0.4) is 0 Å². The van der Waals surface area contributed by atoms with Gasteiger partial charge >= 0.3 is 6.03 Å². The van der Waals surface area contributed by atoms with Gasteiger partial charge in [0.15, 0.2) is 5.41 Å². The molecule has 4 aliphatic heterocycles. The van der Waals surface area contributed by atoms with Gasteiger partial charge in [-0.2, -0.15) is 0 Å². The maximum Gasteiger partial charge on any atom is 0.335 e. The van der Waals surface area contributed by atoms with E-state index in [1.54, 1.807) is 18.2 Å². The zero-order chi connectivity index (χ0) is 28.3. The number of nitro benzene ring substituents is 1. The molecule has 12 nitrogen and oxygen atoms in total. The molecule has 0 aliphatic carbocycles. The summed E-state index contributed by atoms with van der Waals surface area (Å²) < 4.78 is 11.3. The largest absolute Gasteiger partial charge is 0.378 e. The number of carbonyl (C=O) groups is 3. The minimum atomic E-state index is -1.74. The number of hydrogen-bond donors (Lipinski definition) is 1. The van der Waals surface area contributed by atoms with E-state index < -0.39 is 34.2 Å². The first kappa shape index (κ1) is 25.4. The highest BCUT2D eigenvalue weighted by molar-refractivity contribution is 6.32. The summed E-state index contributed by atoms with van der Waals surface area (Å²) in [4.78, 5) is 58.4. The van der Waals surface area contributed by atoms with E-state index in [0.717, 1.165) is 16.0 Å². The van der Waals surface area contributed by atoms with Crippen molar-refractivity contribution in [3.05, 3.63) is 70.3 Å². The van der Waals surface area contributed by atoms with Gasteiger partial charge in [-0.15, -0.1) is 0 Å². The van der Waals surface area contributed by atoms with Gasteiger partial charge in [0.1, 0.15) is 5.69 Å². The molecule has 210 valence electrons. The van der Waals surface area contributed by atoms with Crippen molar-refractivity contribution in [3.8, 4) is 0 Å². The van der Waals surface area contributed by atoms with Crippen molar-refractivity contribution < 1.29 is 28.8 Å². The number of nitrogens with zero attached hydrogens (tertiary/aromatic N) is 4. The highest BCUT2D eigenvalue weighted by Gasteiger charge is 2.63. The number of imide groups is 2. The van der Waals surface area contributed by atoms with Crippen LogP contribution in [0.4, 0.5) is 27.5 Å². The average molecular weight is 558 g/mol. The van der Waals surface area contributed by atoms with E-state index in [1.807, 2.05) is 40.1 Å². The van der Waals surface area contributed by atoms with Crippen molar-refractivity contribution in [2.75, 3.05) is 60.8 Å². The molecule has 0 aromatic heterocycles. The Hall–Kier alpha value is -4.55. The van der Waals surface area contributed by atoms with Crippen molar-refractivity contribution in [2.24, 2.45) is 5.41 Å². The van der Waals surface area contributed by atoms with Crippen LogP contribution in [0.5, 0.6) is 0 Å². The predicted octanol–water partition coefficient (Wildman–Crippen LogP) is 2.62. The van der Waals surface area contributed by atoms with Crippen LogP contribution < -0.4 is 20.0 Å². The topological polar surface area (TPSA) is 135 Å². The molecular weight excluding hydrogens is 530 g/mol. The number of rotatable bonds is 3. The van der Waals surface area contributed by atoms with Gasteiger partial charge in [0.05, 0.1) is 43.1 Å². The van der Waals surface area contributed by atoms with Crippen LogP contribution in [0, 0.1) is 15.5 Å². The van der Waals surface area contributed by atoms with Gasteiger partial charge in [0.2, 0.25) is 5.91 Å². The summed E-state index contributed by atoms with van der Waals surface area (Å²) in [5, 5.41) is 16.2. The quantitative estimate of drug-likeness (QED) is 0.293. The third-order valence-electron chi connectivity index (χ3n) is 8.62. The highest BCUT2D eigenvalue weighted by atomic mass is 16.6. The first-order valence-electron chi connectivity index (χ1n) is 13.6. The molecule has 0 bridgehead atoms. The number of fused-ring (bicyclic) bond motifs is 5. The minimum absolute atomic E-state index is 0.0834. The number of benzene rings is 3. The molecule has 0 unspecified atom stereocenters. The molecule has 7 rings (SSSR count). The summed E-state index contributed by atoms with van der Waals surface area (Å²) in [5.74, 6) is -1.40. The van der Waals surface area contributed by atoms with Crippen LogP contribution in [-0.2, 0) is 25.5 Å². The number of morpholine rings is 2. The van der Waals surface area contributed by atoms with Crippen LogP contribution >= 0.6 is 0 Å². The summed E-state index contributed by atoms with van der Waals surface area (Å²) in [6.07, 6.45) is -0.115. The molecule has 12 heteroatoms. The molecule has 3 saturated heterocycles. The molecule has 2 atom stereocenters. The molecule has 1 N–H and O–H groups in total. The summed E-state index contributed by atoms with van der Waals surface area (Å²) in [7, 11) is 0. The van der Waals surface area contributed by atoms with Crippen LogP contribution in [0.15, 0.2) is 54.6 Å². The van der Waals surface area contributed by atoms with Crippen LogP contribution in [0.25, 0.3) is 10.8 Å². The van der Waals surface area contributed by atoms with Gasteiger partial charge in [0.25, 0.3) is 11.6 Å². The lowest BCUT2D eigenvalue weighted by atomic mass is 9.68. The number of ether oxygens (including phenoxy) is 2. The second-order valence-corrected chi connectivity index (χ2v) is 10.7. The Morgan fingerprint density at radius 1 is 0.902 bits per heavy atom. The molecule has 41 heavy (non-hydrogen) atoms. The predicted molar refractivity (Wildman–Crippen MR) is 149 cm³/mol. The van der Waals surface area contributed by atoms with E-state index >= 15 is 0 Å². The second kappa shape index (κ2) is 9.53. The monoisotopic (exact) mass is 557 g/mol. The number of urea groups is 1. The van der Waals surface area contributed by atoms with Crippen molar-refractivity contribution in [2.45, 2.75) is 12.5 Å².